The molecule has 0 aliphatic heterocycles. The van der Waals surface area contributed by atoms with Crippen LogP contribution in [0.5, 0.6) is 0 Å². The number of rotatable bonds is 1. The van der Waals surface area contributed by atoms with E-state index < -0.39 is 10.1 Å². The summed E-state index contributed by atoms with van der Waals surface area (Å²) in [5.41, 5.74) is 0.928. The molecule has 0 bridgehead atoms. The summed E-state index contributed by atoms with van der Waals surface area (Å²) in [6, 6.07) is 18.3. The van der Waals surface area contributed by atoms with Crippen LogP contribution in [0.2, 0.25) is 0 Å². The fourth-order valence-electron chi connectivity index (χ4n) is 1.05. The smallest absolute Gasteiger partial charge is 0.744 e. The monoisotopic (exact) mass is 354 g/mol. The molecule has 5 heteroatoms. The molecular formula is C13H12O3PdS. The van der Waals surface area contributed by atoms with E-state index in [2.05, 4.69) is 6.07 Å². The third-order valence-corrected chi connectivity index (χ3v) is 2.77. The first-order chi connectivity index (χ1) is 8.00. The Morgan fingerprint density at radius 1 is 1.00 bits per heavy atom. The maximum Gasteiger partial charge on any atom is 2.00 e. The molecule has 3 nitrogen and oxygen atoms in total. The minimum Gasteiger partial charge on any atom is -0.744 e. The van der Waals surface area contributed by atoms with Gasteiger partial charge in [-0.1, -0.05) is 17.7 Å². The fourth-order valence-corrected chi connectivity index (χ4v) is 1.52. The van der Waals surface area contributed by atoms with Gasteiger partial charge in [0.15, 0.2) is 0 Å². The van der Waals surface area contributed by atoms with Crippen LogP contribution in [0.4, 0.5) is 0 Å². The summed E-state index contributed by atoms with van der Waals surface area (Å²) in [5.74, 6) is 0. The summed E-state index contributed by atoms with van der Waals surface area (Å²) in [7, 11) is -4.27. The molecule has 0 N–H and O–H groups in total. The topological polar surface area (TPSA) is 57.2 Å². The Labute approximate surface area is 121 Å². The summed E-state index contributed by atoms with van der Waals surface area (Å²) in [5, 5.41) is 0. The Balaban J connectivity index is 0.000000352. The molecule has 0 heterocycles. The molecular weight excluding hydrogens is 343 g/mol. The molecule has 0 atom stereocenters. The third kappa shape index (κ3) is 6.68. The van der Waals surface area contributed by atoms with Crippen LogP contribution in [0.15, 0.2) is 59.5 Å². The van der Waals surface area contributed by atoms with Crippen molar-refractivity contribution >= 4 is 10.1 Å². The fraction of sp³-hybridized carbons (Fsp3) is 0.0769. The molecule has 0 fully saturated rings. The number of benzene rings is 2. The molecule has 18 heavy (non-hydrogen) atoms. The Bertz CT molecular complexity index is 510. The van der Waals surface area contributed by atoms with Gasteiger partial charge in [0.25, 0.3) is 0 Å². The minimum absolute atomic E-state index is 0. The van der Waals surface area contributed by atoms with Gasteiger partial charge in [-0.25, -0.2) is 8.42 Å². The van der Waals surface area contributed by atoms with Gasteiger partial charge in [0, 0.05) is 0 Å². The molecule has 0 amide bonds. The molecule has 0 saturated carbocycles. The quantitative estimate of drug-likeness (QED) is 0.449. The maximum absolute atomic E-state index is 10.4. The van der Waals surface area contributed by atoms with E-state index >= 15 is 0 Å². The zero-order valence-electron chi connectivity index (χ0n) is 9.65. The molecule has 0 saturated heterocycles. The van der Waals surface area contributed by atoms with Gasteiger partial charge in [-0.3, -0.25) is 0 Å². The van der Waals surface area contributed by atoms with Crippen LogP contribution in [0.3, 0.4) is 0 Å². The Morgan fingerprint density at radius 2 is 1.50 bits per heavy atom. The average molecular weight is 355 g/mol. The van der Waals surface area contributed by atoms with Gasteiger partial charge >= 0.3 is 20.4 Å². The van der Waals surface area contributed by atoms with Crippen molar-refractivity contribution in [2.24, 2.45) is 0 Å². The van der Waals surface area contributed by atoms with E-state index in [1.165, 1.54) is 12.1 Å². The predicted molar refractivity (Wildman–Crippen MR) is 64.4 cm³/mol. The number of aryl methyl sites for hydroxylation is 1. The van der Waals surface area contributed by atoms with Crippen LogP contribution in [-0.4, -0.2) is 13.0 Å². The van der Waals surface area contributed by atoms with Gasteiger partial charge in [-0.15, -0.1) is 0 Å². The van der Waals surface area contributed by atoms with Crippen LogP contribution in [0.25, 0.3) is 0 Å². The van der Waals surface area contributed by atoms with E-state index in [0.29, 0.717) is 0 Å². The molecule has 0 spiro atoms. The van der Waals surface area contributed by atoms with Crippen LogP contribution >= 0.6 is 0 Å². The van der Waals surface area contributed by atoms with E-state index in [-0.39, 0.29) is 25.3 Å². The minimum atomic E-state index is -4.27. The van der Waals surface area contributed by atoms with Crippen LogP contribution in [0.1, 0.15) is 5.56 Å². The Kier molecular flexibility index (Phi) is 7.72. The second kappa shape index (κ2) is 8.17. The maximum atomic E-state index is 10.4. The molecule has 98 valence electrons. The largest absolute Gasteiger partial charge is 2.00 e. The van der Waals surface area contributed by atoms with E-state index in [1.807, 2.05) is 37.3 Å². The van der Waals surface area contributed by atoms with Gasteiger partial charge in [-0.05, 0) is 19.1 Å². The molecule has 0 radical (unpaired) electrons. The predicted octanol–water partition coefficient (Wildman–Crippen LogP) is 2.38. The van der Waals surface area contributed by atoms with Gasteiger partial charge in [0.05, 0.1) is 4.90 Å². The molecule has 0 unspecified atom stereocenters. The first-order valence-corrected chi connectivity index (χ1v) is 6.34. The summed E-state index contributed by atoms with van der Waals surface area (Å²) in [4.78, 5) is -0.178. The van der Waals surface area contributed by atoms with E-state index in [9.17, 15) is 13.0 Å². The molecule has 2 aromatic carbocycles. The van der Waals surface area contributed by atoms with Crippen molar-refractivity contribution in [2.45, 2.75) is 11.8 Å². The van der Waals surface area contributed by atoms with Crippen molar-refractivity contribution in [1.29, 1.82) is 0 Å². The Morgan fingerprint density at radius 3 is 1.78 bits per heavy atom. The molecule has 0 aromatic heterocycles. The standard InChI is InChI=1S/C7H8O3S.C6H5.Pd/c1-6-2-4-7(5-3-6)11(8,9)10;1-2-4-6-5-3-1;/h2-5H,1H3,(H,8,9,10);1-5H;/q;-1;+2/p-1. The van der Waals surface area contributed by atoms with Crippen LogP contribution in [-0.2, 0) is 30.5 Å². The second-order valence-electron chi connectivity index (χ2n) is 3.34. The zero-order chi connectivity index (χ0) is 12.7. The molecule has 2 aromatic rings. The summed E-state index contributed by atoms with van der Waals surface area (Å²) >= 11 is 0. The first-order valence-electron chi connectivity index (χ1n) is 4.94. The van der Waals surface area contributed by atoms with Gasteiger partial charge in [0.1, 0.15) is 10.1 Å². The number of hydrogen-bond donors (Lipinski definition) is 0. The van der Waals surface area contributed by atoms with Gasteiger partial charge < -0.3 is 4.55 Å². The number of hydrogen-bond acceptors (Lipinski definition) is 3. The first kappa shape index (κ1) is 17.0. The van der Waals surface area contributed by atoms with Crippen molar-refractivity contribution in [1.82, 2.24) is 0 Å². The molecule has 0 aliphatic carbocycles. The van der Waals surface area contributed by atoms with Gasteiger partial charge in [0.2, 0.25) is 0 Å². The van der Waals surface area contributed by atoms with E-state index in [0.717, 1.165) is 5.56 Å². The van der Waals surface area contributed by atoms with Crippen LogP contribution < -0.4 is 0 Å². The average Bonchev–Trinajstić information content (AvgIpc) is 2.31. The SMILES string of the molecule is Cc1ccc(S(=O)(=O)[O-])cc1.[Pd+2].[c-]1ccccc1. The third-order valence-electron chi connectivity index (χ3n) is 1.92. The molecule has 0 aliphatic rings. The van der Waals surface area contributed by atoms with E-state index in [4.69, 9.17) is 0 Å². The second-order valence-corrected chi connectivity index (χ2v) is 4.72. The van der Waals surface area contributed by atoms with Crippen molar-refractivity contribution in [2.75, 3.05) is 0 Å². The summed E-state index contributed by atoms with van der Waals surface area (Å²) < 4.78 is 31.2. The van der Waals surface area contributed by atoms with Crippen molar-refractivity contribution in [3.63, 3.8) is 0 Å². The van der Waals surface area contributed by atoms with Crippen molar-refractivity contribution in [3.05, 3.63) is 66.2 Å². The Hall–Kier alpha value is -0.988. The van der Waals surface area contributed by atoms with Crippen LogP contribution in [0, 0.1) is 13.0 Å². The van der Waals surface area contributed by atoms with E-state index in [1.54, 1.807) is 12.1 Å². The molecule has 2 rings (SSSR count). The zero-order valence-corrected chi connectivity index (χ0v) is 12.0. The van der Waals surface area contributed by atoms with Crippen molar-refractivity contribution < 1.29 is 33.4 Å². The summed E-state index contributed by atoms with van der Waals surface area (Å²) in [6.07, 6.45) is 0. The van der Waals surface area contributed by atoms with Crippen molar-refractivity contribution in [3.8, 4) is 0 Å². The van der Waals surface area contributed by atoms with Gasteiger partial charge in [-0.2, -0.15) is 36.4 Å². The normalized spacial score (nSPS) is 9.67. The summed E-state index contributed by atoms with van der Waals surface area (Å²) in [6.45, 7) is 1.82.